The molecule has 1 atom stereocenters. The molecule has 0 aliphatic carbocycles. The highest BCUT2D eigenvalue weighted by Gasteiger charge is 2.10. The summed E-state index contributed by atoms with van der Waals surface area (Å²) in [6.45, 7) is 2.07. The van der Waals surface area contributed by atoms with Gasteiger partial charge in [0.25, 0.3) is 0 Å². The molecule has 0 amide bonds. The van der Waals surface area contributed by atoms with Gasteiger partial charge in [0.15, 0.2) is 0 Å². The van der Waals surface area contributed by atoms with Gasteiger partial charge >= 0.3 is 5.97 Å². The number of benzene rings is 1. The van der Waals surface area contributed by atoms with E-state index in [9.17, 15) is 4.79 Å². The summed E-state index contributed by atoms with van der Waals surface area (Å²) in [5.74, 6) is -0.280. The van der Waals surface area contributed by atoms with E-state index in [1.165, 1.54) is 0 Å². The number of unbranched alkanes of at least 4 members (excludes halogenated alkanes) is 1. The first-order valence-corrected chi connectivity index (χ1v) is 5.61. The second-order valence-corrected chi connectivity index (χ2v) is 3.80. The maximum Gasteiger partial charge on any atom is 0.338 e. The van der Waals surface area contributed by atoms with E-state index in [1.807, 2.05) is 25.1 Å². The van der Waals surface area contributed by atoms with Gasteiger partial charge in [0.2, 0.25) is 0 Å². The zero-order valence-corrected chi connectivity index (χ0v) is 9.56. The maximum absolute atomic E-state index is 11.6. The highest BCUT2D eigenvalue weighted by Crippen LogP contribution is 2.08. The van der Waals surface area contributed by atoms with Crippen LogP contribution < -0.4 is 0 Å². The summed E-state index contributed by atoms with van der Waals surface area (Å²) in [4.78, 5) is 11.6. The number of hydrogen-bond acceptors (Lipinski definition) is 3. The Balaban J connectivity index is 2.34. The Morgan fingerprint density at radius 3 is 2.62 bits per heavy atom. The second-order valence-electron chi connectivity index (χ2n) is 3.80. The van der Waals surface area contributed by atoms with Crippen molar-refractivity contribution in [2.45, 2.75) is 32.3 Å². The van der Waals surface area contributed by atoms with E-state index in [0.29, 0.717) is 5.56 Å². The van der Waals surface area contributed by atoms with Crippen molar-refractivity contribution >= 4 is 5.97 Å². The third kappa shape index (κ3) is 4.45. The summed E-state index contributed by atoms with van der Waals surface area (Å²) in [5.41, 5.74) is 0.580. The third-order valence-corrected chi connectivity index (χ3v) is 2.34. The van der Waals surface area contributed by atoms with E-state index in [2.05, 4.69) is 0 Å². The summed E-state index contributed by atoms with van der Waals surface area (Å²) in [7, 11) is 0. The number of carbonyl (C=O) groups excluding carboxylic acids is 1. The molecule has 0 saturated heterocycles. The number of carbonyl (C=O) groups is 1. The molecule has 0 spiro atoms. The average Bonchev–Trinajstić information content (AvgIpc) is 2.30. The fraction of sp³-hybridized carbons (Fsp3) is 0.462. The van der Waals surface area contributed by atoms with Gasteiger partial charge < -0.3 is 9.84 Å². The lowest BCUT2D eigenvalue weighted by Crippen LogP contribution is -2.15. The van der Waals surface area contributed by atoms with Crippen molar-refractivity contribution in [2.75, 3.05) is 6.61 Å². The molecule has 0 saturated carbocycles. The van der Waals surface area contributed by atoms with Crippen molar-refractivity contribution in [1.82, 2.24) is 0 Å². The molecule has 0 heterocycles. The zero-order chi connectivity index (χ0) is 11.8. The van der Waals surface area contributed by atoms with Crippen LogP contribution in [0.15, 0.2) is 30.3 Å². The third-order valence-electron chi connectivity index (χ3n) is 2.34. The van der Waals surface area contributed by atoms with E-state index in [4.69, 9.17) is 9.84 Å². The van der Waals surface area contributed by atoms with Crippen molar-refractivity contribution < 1.29 is 14.6 Å². The molecule has 0 aliphatic rings. The molecule has 0 bridgehead atoms. The van der Waals surface area contributed by atoms with Gasteiger partial charge in [0.05, 0.1) is 11.7 Å². The Labute approximate surface area is 96.1 Å². The zero-order valence-electron chi connectivity index (χ0n) is 9.56. The van der Waals surface area contributed by atoms with Crippen molar-refractivity contribution in [3.8, 4) is 0 Å². The van der Waals surface area contributed by atoms with Gasteiger partial charge in [-0.25, -0.2) is 4.79 Å². The van der Waals surface area contributed by atoms with Crippen molar-refractivity contribution in [3.05, 3.63) is 35.9 Å². The predicted molar refractivity (Wildman–Crippen MR) is 62.3 cm³/mol. The summed E-state index contributed by atoms with van der Waals surface area (Å²) in [6, 6.07) is 8.97. The quantitative estimate of drug-likeness (QED) is 0.594. The predicted octanol–water partition coefficient (Wildman–Crippen LogP) is 2.39. The van der Waals surface area contributed by atoms with Crippen LogP contribution in [0.1, 0.15) is 36.5 Å². The van der Waals surface area contributed by atoms with Gasteiger partial charge in [-0.15, -0.1) is 0 Å². The minimum absolute atomic E-state index is 0.0979. The lowest BCUT2D eigenvalue weighted by Gasteiger charge is -2.12. The molecule has 3 nitrogen and oxygen atoms in total. The Hall–Kier alpha value is -1.35. The Morgan fingerprint density at radius 1 is 1.31 bits per heavy atom. The van der Waals surface area contributed by atoms with Crippen molar-refractivity contribution in [2.24, 2.45) is 0 Å². The number of aliphatic hydroxyl groups excluding tert-OH is 1. The summed E-state index contributed by atoms with van der Waals surface area (Å²) >= 11 is 0. The van der Waals surface area contributed by atoms with Gasteiger partial charge in [0, 0.05) is 6.61 Å². The number of ether oxygens (including phenoxy) is 1. The second kappa shape index (κ2) is 7.01. The maximum atomic E-state index is 11.6. The standard InChI is InChI=1S/C13H18O3/c1-11(7-5-6-10-14)16-13(15)12-8-3-2-4-9-12/h2-4,8-9,11,14H,5-7,10H2,1H3. The van der Waals surface area contributed by atoms with Crippen molar-refractivity contribution in [3.63, 3.8) is 0 Å². The fourth-order valence-corrected chi connectivity index (χ4v) is 1.43. The highest BCUT2D eigenvalue weighted by molar-refractivity contribution is 5.89. The SMILES string of the molecule is CC(CCCCO)OC(=O)c1ccccc1. The minimum Gasteiger partial charge on any atom is -0.459 e. The monoisotopic (exact) mass is 222 g/mol. The molecule has 1 aromatic rings. The first-order valence-electron chi connectivity index (χ1n) is 5.61. The lowest BCUT2D eigenvalue weighted by atomic mass is 10.2. The molecule has 0 fully saturated rings. The molecule has 3 heteroatoms. The van der Waals surface area contributed by atoms with Gasteiger partial charge in [-0.1, -0.05) is 18.2 Å². The molecule has 1 unspecified atom stereocenters. The van der Waals surface area contributed by atoms with Gasteiger partial charge in [-0.3, -0.25) is 0 Å². The van der Waals surface area contributed by atoms with Crippen LogP contribution >= 0.6 is 0 Å². The molecule has 0 radical (unpaired) electrons. The van der Waals surface area contributed by atoms with E-state index in [1.54, 1.807) is 12.1 Å². The first kappa shape index (κ1) is 12.7. The Kier molecular flexibility index (Phi) is 5.57. The summed E-state index contributed by atoms with van der Waals surface area (Å²) in [6.07, 6.45) is 2.32. The van der Waals surface area contributed by atoms with Gasteiger partial charge in [-0.2, -0.15) is 0 Å². The van der Waals surface area contributed by atoms with Crippen LogP contribution in [0.5, 0.6) is 0 Å². The van der Waals surface area contributed by atoms with Crippen LogP contribution in [0.25, 0.3) is 0 Å². The van der Waals surface area contributed by atoms with Gasteiger partial charge in [-0.05, 0) is 38.3 Å². The van der Waals surface area contributed by atoms with Crippen LogP contribution in [0.3, 0.4) is 0 Å². The molecule has 1 aromatic carbocycles. The molecule has 0 aliphatic heterocycles. The minimum atomic E-state index is -0.280. The van der Waals surface area contributed by atoms with Crippen LogP contribution in [0.2, 0.25) is 0 Å². The molecular formula is C13H18O3. The molecular weight excluding hydrogens is 204 g/mol. The van der Waals surface area contributed by atoms with E-state index in [0.717, 1.165) is 19.3 Å². The highest BCUT2D eigenvalue weighted by atomic mass is 16.5. The largest absolute Gasteiger partial charge is 0.459 e. The van der Waals surface area contributed by atoms with E-state index >= 15 is 0 Å². The summed E-state index contributed by atoms with van der Waals surface area (Å²) < 4.78 is 5.26. The molecule has 88 valence electrons. The molecule has 1 rings (SSSR count). The normalized spacial score (nSPS) is 12.1. The topological polar surface area (TPSA) is 46.5 Å². The smallest absolute Gasteiger partial charge is 0.338 e. The van der Waals surface area contributed by atoms with E-state index < -0.39 is 0 Å². The Morgan fingerprint density at radius 2 is 2.00 bits per heavy atom. The lowest BCUT2D eigenvalue weighted by molar-refractivity contribution is 0.0317. The number of rotatable bonds is 6. The molecule has 0 aromatic heterocycles. The Bertz CT molecular complexity index is 308. The molecule has 1 N–H and O–H groups in total. The van der Waals surface area contributed by atoms with Crippen LogP contribution in [0.4, 0.5) is 0 Å². The van der Waals surface area contributed by atoms with Crippen LogP contribution in [-0.4, -0.2) is 23.8 Å². The van der Waals surface area contributed by atoms with Crippen molar-refractivity contribution in [1.29, 1.82) is 0 Å². The number of esters is 1. The van der Waals surface area contributed by atoms with Crippen LogP contribution in [-0.2, 0) is 4.74 Å². The van der Waals surface area contributed by atoms with Gasteiger partial charge in [0.1, 0.15) is 0 Å². The van der Waals surface area contributed by atoms with E-state index in [-0.39, 0.29) is 18.7 Å². The number of hydrogen-bond donors (Lipinski definition) is 1. The number of aliphatic hydroxyl groups is 1. The fourth-order valence-electron chi connectivity index (χ4n) is 1.43. The van der Waals surface area contributed by atoms with Crippen LogP contribution in [0, 0.1) is 0 Å². The summed E-state index contributed by atoms with van der Waals surface area (Å²) in [5, 5.41) is 8.63. The molecule has 16 heavy (non-hydrogen) atoms. The average molecular weight is 222 g/mol. The first-order chi connectivity index (χ1) is 7.74.